The summed E-state index contributed by atoms with van der Waals surface area (Å²) in [6.07, 6.45) is 6.55. The van der Waals surface area contributed by atoms with Crippen molar-refractivity contribution < 1.29 is 18.7 Å². The molecule has 0 bridgehead atoms. The van der Waals surface area contributed by atoms with Crippen LogP contribution in [0.3, 0.4) is 0 Å². The normalized spacial score (nSPS) is 12.4. The smallest absolute Gasteiger partial charge is 0.328 e. The van der Waals surface area contributed by atoms with Crippen molar-refractivity contribution in [1.82, 2.24) is 10.3 Å². The van der Waals surface area contributed by atoms with Gasteiger partial charge in [0.15, 0.2) is 0 Å². The topological polar surface area (TPSA) is 84.3 Å². The average Bonchev–Trinajstić information content (AvgIpc) is 3.29. The molecule has 25 heavy (non-hydrogen) atoms. The average molecular weight is 338 g/mol. The van der Waals surface area contributed by atoms with E-state index in [1.54, 1.807) is 12.1 Å². The number of aromatic nitrogens is 1. The molecule has 0 aliphatic carbocycles. The highest BCUT2D eigenvalue weighted by molar-refractivity contribution is 5.94. The van der Waals surface area contributed by atoms with Crippen molar-refractivity contribution in [3.63, 3.8) is 0 Å². The Kier molecular flexibility index (Phi) is 4.99. The Morgan fingerprint density at radius 3 is 2.88 bits per heavy atom. The van der Waals surface area contributed by atoms with Gasteiger partial charge in [-0.3, -0.25) is 4.79 Å². The largest absolute Gasteiger partial charge is 0.467 e. The standard InChI is InChI=1S/C19H18N2O4/c1-24-19(23)17(21-18(22)9-8-14-5-4-10-25-14)11-13-12-20-16-7-3-2-6-15(13)16/h2-10,12,17,20H,11H2,1H3,(H,21,22)/b9-8+/t17-/m1/s1. The molecule has 0 fully saturated rings. The number of aromatic amines is 1. The van der Waals surface area contributed by atoms with Crippen LogP contribution in [0.2, 0.25) is 0 Å². The Labute approximate surface area is 144 Å². The molecule has 0 spiro atoms. The quantitative estimate of drug-likeness (QED) is 0.534. The molecule has 0 unspecified atom stereocenters. The third kappa shape index (κ3) is 3.98. The van der Waals surface area contributed by atoms with Crippen LogP contribution in [-0.4, -0.2) is 30.0 Å². The van der Waals surface area contributed by atoms with Gasteiger partial charge in [-0.15, -0.1) is 0 Å². The van der Waals surface area contributed by atoms with Gasteiger partial charge in [-0.1, -0.05) is 18.2 Å². The zero-order valence-corrected chi connectivity index (χ0v) is 13.7. The van der Waals surface area contributed by atoms with Gasteiger partial charge >= 0.3 is 5.97 Å². The van der Waals surface area contributed by atoms with Crippen molar-refractivity contribution in [3.05, 3.63) is 66.3 Å². The van der Waals surface area contributed by atoms with Crippen molar-refractivity contribution in [1.29, 1.82) is 0 Å². The summed E-state index contributed by atoms with van der Waals surface area (Å²) in [6.45, 7) is 0. The molecule has 6 nitrogen and oxygen atoms in total. The second-order valence-corrected chi connectivity index (χ2v) is 5.50. The fourth-order valence-corrected chi connectivity index (χ4v) is 2.62. The predicted molar refractivity (Wildman–Crippen MR) is 93.7 cm³/mol. The highest BCUT2D eigenvalue weighted by Crippen LogP contribution is 2.19. The minimum atomic E-state index is -0.780. The van der Waals surface area contributed by atoms with Gasteiger partial charge in [-0.05, 0) is 29.8 Å². The Balaban J connectivity index is 1.73. The number of nitrogens with one attached hydrogen (secondary N) is 2. The number of esters is 1. The molecule has 2 N–H and O–H groups in total. The third-order valence-electron chi connectivity index (χ3n) is 3.84. The van der Waals surface area contributed by atoms with Crippen LogP contribution in [0.4, 0.5) is 0 Å². The summed E-state index contributed by atoms with van der Waals surface area (Å²) in [7, 11) is 1.30. The molecule has 2 aromatic heterocycles. The summed E-state index contributed by atoms with van der Waals surface area (Å²) < 4.78 is 9.95. The van der Waals surface area contributed by atoms with Gasteiger partial charge in [0.25, 0.3) is 0 Å². The van der Waals surface area contributed by atoms with Gasteiger partial charge in [0, 0.05) is 29.6 Å². The Morgan fingerprint density at radius 2 is 2.12 bits per heavy atom. The maximum absolute atomic E-state index is 12.1. The molecule has 3 aromatic rings. The molecule has 2 heterocycles. The molecule has 0 aliphatic rings. The molecule has 0 radical (unpaired) electrons. The number of ether oxygens (including phenoxy) is 1. The number of methoxy groups -OCH3 is 1. The molecular weight excluding hydrogens is 320 g/mol. The number of rotatable bonds is 6. The second-order valence-electron chi connectivity index (χ2n) is 5.50. The lowest BCUT2D eigenvalue weighted by Gasteiger charge is -2.15. The molecule has 128 valence electrons. The fraction of sp³-hybridized carbons (Fsp3) is 0.158. The van der Waals surface area contributed by atoms with Crippen LogP contribution >= 0.6 is 0 Å². The van der Waals surface area contributed by atoms with Crippen LogP contribution in [-0.2, 0) is 20.7 Å². The monoisotopic (exact) mass is 338 g/mol. The van der Waals surface area contributed by atoms with Crippen LogP contribution in [0.25, 0.3) is 17.0 Å². The van der Waals surface area contributed by atoms with Crippen molar-refractivity contribution in [2.24, 2.45) is 0 Å². The van der Waals surface area contributed by atoms with E-state index >= 15 is 0 Å². The van der Waals surface area contributed by atoms with E-state index in [0.717, 1.165) is 16.5 Å². The molecule has 0 saturated heterocycles. The third-order valence-corrected chi connectivity index (χ3v) is 3.84. The first-order valence-corrected chi connectivity index (χ1v) is 7.82. The van der Waals surface area contributed by atoms with Gasteiger partial charge in [0.1, 0.15) is 11.8 Å². The van der Waals surface area contributed by atoms with Gasteiger partial charge in [-0.25, -0.2) is 4.79 Å². The number of hydrogen-bond acceptors (Lipinski definition) is 4. The zero-order valence-electron chi connectivity index (χ0n) is 13.7. The lowest BCUT2D eigenvalue weighted by atomic mass is 10.0. The molecule has 1 atom stereocenters. The minimum Gasteiger partial charge on any atom is -0.467 e. The number of carbonyl (C=O) groups is 2. The number of para-hydroxylation sites is 1. The maximum atomic E-state index is 12.1. The lowest BCUT2D eigenvalue weighted by molar-refractivity contribution is -0.144. The van der Waals surface area contributed by atoms with Crippen molar-refractivity contribution >= 4 is 28.9 Å². The van der Waals surface area contributed by atoms with Gasteiger partial charge in [-0.2, -0.15) is 0 Å². The first-order chi connectivity index (χ1) is 12.2. The summed E-state index contributed by atoms with van der Waals surface area (Å²) in [6, 6.07) is 10.5. The minimum absolute atomic E-state index is 0.330. The first kappa shape index (κ1) is 16.6. The number of benzene rings is 1. The summed E-state index contributed by atoms with van der Waals surface area (Å²) in [4.78, 5) is 27.3. The maximum Gasteiger partial charge on any atom is 0.328 e. The van der Waals surface area contributed by atoms with Crippen molar-refractivity contribution in [3.8, 4) is 0 Å². The number of H-pyrrole nitrogens is 1. The predicted octanol–water partition coefficient (Wildman–Crippen LogP) is 2.67. The number of amides is 1. The molecule has 0 aliphatic heterocycles. The van der Waals surface area contributed by atoms with E-state index in [-0.39, 0.29) is 0 Å². The van der Waals surface area contributed by atoms with Crippen LogP contribution in [0.5, 0.6) is 0 Å². The van der Waals surface area contributed by atoms with E-state index in [4.69, 9.17) is 9.15 Å². The zero-order chi connectivity index (χ0) is 17.6. The van der Waals surface area contributed by atoms with E-state index in [1.165, 1.54) is 25.5 Å². The molecule has 0 saturated carbocycles. The number of furan rings is 1. The van der Waals surface area contributed by atoms with E-state index < -0.39 is 17.9 Å². The van der Waals surface area contributed by atoms with Gasteiger partial charge < -0.3 is 19.5 Å². The van der Waals surface area contributed by atoms with Crippen LogP contribution in [0.1, 0.15) is 11.3 Å². The fourth-order valence-electron chi connectivity index (χ4n) is 2.62. The molecule has 3 rings (SSSR count). The molecule has 6 heteroatoms. The number of fused-ring (bicyclic) bond motifs is 1. The molecular formula is C19H18N2O4. The summed E-state index contributed by atoms with van der Waals surface area (Å²) in [5, 5.41) is 3.69. The van der Waals surface area contributed by atoms with Gasteiger partial charge in [0.05, 0.1) is 13.4 Å². The summed E-state index contributed by atoms with van der Waals surface area (Å²) >= 11 is 0. The van der Waals surface area contributed by atoms with E-state index in [0.29, 0.717) is 12.2 Å². The van der Waals surface area contributed by atoms with Crippen molar-refractivity contribution in [2.75, 3.05) is 7.11 Å². The van der Waals surface area contributed by atoms with Crippen molar-refractivity contribution in [2.45, 2.75) is 12.5 Å². The van der Waals surface area contributed by atoms with Gasteiger partial charge in [0.2, 0.25) is 5.91 Å². The Hall–Kier alpha value is -3.28. The second kappa shape index (κ2) is 7.53. The van der Waals surface area contributed by atoms with E-state index in [1.807, 2.05) is 30.5 Å². The van der Waals surface area contributed by atoms with Crippen LogP contribution < -0.4 is 5.32 Å². The Morgan fingerprint density at radius 1 is 1.28 bits per heavy atom. The van der Waals surface area contributed by atoms with E-state index in [2.05, 4.69) is 10.3 Å². The lowest BCUT2D eigenvalue weighted by Crippen LogP contribution is -2.42. The number of hydrogen-bond donors (Lipinski definition) is 2. The van der Waals surface area contributed by atoms with Crippen LogP contribution in [0, 0.1) is 0 Å². The highest BCUT2D eigenvalue weighted by Gasteiger charge is 2.22. The summed E-state index contributed by atoms with van der Waals surface area (Å²) in [5.41, 5.74) is 1.91. The molecule has 1 amide bonds. The molecule has 1 aromatic carbocycles. The van der Waals surface area contributed by atoms with Crippen LogP contribution in [0.15, 0.2) is 59.4 Å². The number of carbonyl (C=O) groups excluding carboxylic acids is 2. The first-order valence-electron chi connectivity index (χ1n) is 7.82. The SMILES string of the molecule is COC(=O)[C@@H](Cc1c[nH]c2ccccc12)NC(=O)/C=C/c1ccco1. The van der Waals surface area contributed by atoms with E-state index in [9.17, 15) is 9.59 Å². The summed E-state index contributed by atoms with van der Waals surface area (Å²) in [5.74, 6) is -0.335. The highest BCUT2D eigenvalue weighted by atomic mass is 16.5. The Bertz CT molecular complexity index is 893.